The number of rotatable bonds is 9. The van der Waals surface area contributed by atoms with Crippen molar-refractivity contribution in [2.45, 2.75) is 11.4 Å². The molecule has 1 amide bonds. The molecule has 30 heavy (non-hydrogen) atoms. The molecule has 0 aliphatic carbocycles. The van der Waals surface area contributed by atoms with Gasteiger partial charge >= 0.3 is 0 Å². The number of carbonyl (C=O) groups excluding carboxylic acids is 1. The smallest absolute Gasteiger partial charge is 0.251 e. The van der Waals surface area contributed by atoms with Crippen LogP contribution in [0, 0.1) is 5.82 Å². The highest BCUT2D eigenvalue weighted by Gasteiger charge is 2.14. The van der Waals surface area contributed by atoms with Crippen molar-refractivity contribution in [3.8, 4) is 5.69 Å². The molecule has 2 N–H and O–H groups in total. The van der Waals surface area contributed by atoms with Crippen LogP contribution in [0.25, 0.3) is 5.69 Å². The van der Waals surface area contributed by atoms with E-state index in [1.54, 1.807) is 29.1 Å². The zero-order valence-electron chi connectivity index (χ0n) is 16.2. The van der Waals surface area contributed by atoms with Gasteiger partial charge in [0, 0.05) is 38.2 Å². The fraction of sp³-hybridized carbons (Fsp3) is 0.200. The molecule has 0 saturated carbocycles. The summed E-state index contributed by atoms with van der Waals surface area (Å²) in [5.74, 6) is -0.833. The topological polar surface area (TPSA) is 102 Å². The Morgan fingerprint density at radius 1 is 1.20 bits per heavy atom. The molecule has 0 spiro atoms. The fourth-order valence-electron chi connectivity index (χ4n) is 2.70. The first kappa shape index (κ1) is 21.6. The summed E-state index contributed by atoms with van der Waals surface area (Å²) in [5.41, 5.74) is 1.24. The van der Waals surface area contributed by atoms with Crippen LogP contribution in [0.15, 0.2) is 66.1 Å². The van der Waals surface area contributed by atoms with E-state index in [9.17, 15) is 17.6 Å². The average molecular weight is 432 g/mol. The molecule has 0 atom stereocenters. The molecule has 1 heterocycles. The zero-order valence-corrected chi connectivity index (χ0v) is 17.0. The molecule has 0 aliphatic rings. The molecule has 0 bridgehead atoms. The highest BCUT2D eigenvalue weighted by molar-refractivity contribution is 7.89. The zero-order chi connectivity index (χ0) is 21.6. The summed E-state index contributed by atoms with van der Waals surface area (Å²) < 4.78 is 47.3. The third-order valence-corrected chi connectivity index (χ3v) is 5.75. The van der Waals surface area contributed by atoms with Gasteiger partial charge in [0.15, 0.2) is 0 Å². The number of benzene rings is 2. The molecular weight excluding hydrogens is 411 g/mol. The Hall–Kier alpha value is -3.08. The molecular formula is C20H21FN4O4S. The lowest BCUT2D eigenvalue weighted by Gasteiger charge is -2.09. The van der Waals surface area contributed by atoms with Gasteiger partial charge in [-0.25, -0.2) is 22.5 Å². The van der Waals surface area contributed by atoms with Gasteiger partial charge in [-0.3, -0.25) is 4.79 Å². The van der Waals surface area contributed by atoms with Crippen LogP contribution in [0.4, 0.5) is 4.39 Å². The van der Waals surface area contributed by atoms with E-state index in [4.69, 9.17) is 4.74 Å². The van der Waals surface area contributed by atoms with E-state index in [1.807, 2.05) is 0 Å². The first-order valence-electron chi connectivity index (χ1n) is 9.04. The summed E-state index contributed by atoms with van der Waals surface area (Å²) in [4.78, 5) is 16.3. The number of ether oxygens (including phenoxy) is 1. The average Bonchev–Trinajstić information content (AvgIpc) is 3.27. The van der Waals surface area contributed by atoms with Gasteiger partial charge in [-0.1, -0.05) is 6.07 Å². The predicted molar refractivity (Wildman–Crippen MR) is 108 cm³/mol. The number of carbonyl (C=O) groups is 1. The van der Waals surface area contributed by atoms with Crippen molar-refractivity contribution in [1.29, 1.82) is 0 Å². The normalized spacial score (nSPS) is 11.4. The summed E-state index contributed by atoms with van der Waals surface area (Å²) in [6, 6.07) is 10.2. The second-order valence-electron chi connectivity index (χ2n) is 6.35. The van der Waals surface area contributed by atoms with E-state index < -0.39 is 21.7 Å². The second-order valence-corrected chi connectivity index (χ2v) is 8.12. The lowest BCUT2D eigenvalue weighted by molar-refractivity contribution is 0.0950. The van der Waals surface area contributed by atoms with E-state index in [0.717, 1.165) is 0 Å². The van der Waals surface area contributed by atoms with Gasteiger partial charge in [-0.15, -0.1) is 0 Å². The molecule has 2 aromatic carbocycles. The molecule has 3 aromatic rings. The van der Waals surface area contributed by atoms with Crippen LogP contribution >= 0.6 is 0 Å². The number of hydrogen-bond donors (Lipinski definition) is 2. The molecule has 0 saturated heterocycles. The van der Waals surface area contributed by atoms with Crippen molar-refractivity contribution in [1.82, 2.24) is 19.6 Å². The quantitative estimate of drug-likeness (QED) is 0.503. The number of nitrogens with one attached hydrogen (secondary N) is 2. The summed E-state index contributed by atoms with van der Waals surface area (Å²) in [6.45, 7) is 0.527. The van der Waals surface area contributed by atoms with E-state index in [-0.39, 0.29) is 24.6 Å². The highest BCUT2D eigenvalue weighted by atomic mass is 32.2. The maximum atomic E-state index is 14.3. The van der Waals surface area contributed by atoms with E-state index in [1.165, 1.54) is 43.8 Å². The van der Waals surface area contributed by atoms with Crippen molar-refractivity contribution >= 4 is 15.9 Å². The summed E-state index contributed by atoms with van der Waals surface area (Å²) in [6.07, 6.45) is 4.69. The molecule has 158 valence electrons. The molecule has 10 heteroatoms. The summed E-state index contributed by atoms with van der Waals surface area (Å²) >= 11 is 0. The third kappa shape index (κ3) is 5.29. The van der Waals surface area contributed by atoms with Gasteiger partial charge in [0.1, 0.15) is 5.82 Å². The van der Waals surface area contributed by atoms with Crippen molar-refractivity contribution < 1.29 is 22.3 Å². The fourth-order valence-corrected chi connectivity index (χ4v) is 3.72. The number of methoxy groups -OCH3 is 1. The number of hydrogen-bond acceptors (Lipinski definition) is 5. The minimum absolute atomic E-state index is 0.0484. The lowest BCUT2D eigenvalue weighted by Crippen LogP contribution is -2.27. The van der Waals surface area contributed by atoms with Gasteiger partial charge in [-0.2, -0.15) is 0 Å². The van der Waals surface area contributed by atoms with Gasteiger partial charge < -0.3 is 14.6 Å². The van der Waals surface area contributed by atoms with E-state index in [2.05, 4.69) is 15.0 Å². The van der Waals surface area contributed by atoms with Gasteiger partial charge in [0.05, 0.1) is 23.5 Å². The molecule has 1 aromatic heterocycles. The number of imidazole rings is 1. The molecule has 0 unspecified atom stereocenters. The number of halogens is 1. The van der Waals surface area contributed by atoms with Gasteiger partial charge in [0.25, 0.3) is 5.91 Å². The van der Waals surface area contributed by atoms with Crippen LogP contribution in [-0.2, 0) is 21.3 Å². The van der Waals surface area contributed by atoms with Crippen molar-refractivity contribution in [2.24, 2.45) is 0 Å². The predicted octanol–water partition coefficient (Wildman–Crippen LogP) is 1.87. The van der Waals surface area contributed by atoms with Crippen LogP contribution < -0.4 is 10.0 Å². The number of nitrogens with zero attached hydrogens (tertiary/aromatic N) is 2. The van der Waals surface area contributed by atoms with Crippen LogP contribution in [0.3, 0.4) is 0 Å². The van der Waals surface area contributed by atoms with Gasteiger partial charge in [0.2, 0.25) is 10.0 Å². The Morgan fingerprint density at radius 2 is 1.97 bits per heavy atom. The second kappa shape index (κ2) is 9.61. The molecule has 0 fully saturated rings. The van der Waals surface area contributed by atoms with Crippen LogP contribution in [-0.4, -0.2) is 44.1 Å². The standard InChI is InChI=1S/C20H21FN4O4S/c1-29-11-9-24-30(27,28)17-5-3-16(4-6-17)20(26)23-13-15-2-7-19(18(21)12-15)25-10-8-22-14-25/h2-8,10,12,14,24H,9,11,13H2,1H3,(H,23,26). The summed E-state index contributed by atoms with van der Waals surface area (Å²) in [7, 11) is -2.19. The molecule has 3 rings (SSSR count). The summed E-state index contributed by atoms with van der Waals surface area (Å²) in [5, 5.41) is 2.69. The highest BCUT2D eigenvalue weighted by Crippen LogP contribution is 2.15. The Bertz CT molecular complexity index is 1100. The largest absolute Gasteiger partial charge is 0.383 e. The minimum Gasteiger partial charge on any atom is -0.383 e. The molecule has 8 nitrogen and oxygen atoms in total. The maximum absolute atomic E-state index is 14.3. The van der Waals surface area contributed by atoms with Crippen molar-refractivity contribution in [3.05, 3.63) is 78.1 Å². The Labute approximate surface area is 173 Å². The van der Waals surface area contributed by atoms with E-state index >= 15 is 0 Å². The van der Waals surface area contributed by atoms with Gasteiger partial charge in [-0.05, 0) is 42.0 Å². The number of amides is 1. The Morgan fingerprint density at radius 3 is 2.60 bits per heavy atom. The maximum Gasteiger partial charge on any atom is 0.251 e. The first-order chi connectivity index (χ1) is 14.4. The first-order valence-corrected chi connectivity index (χ1v) is 10.5. The minimum atomic E-state index is -3.67. The van der Waals surface area contributed by atoms with Crippen LogP contribution in [0.2, 0.25) is 0 Å². The molecule has 0 aliphatic heterocycles. The molecule has 0 radical (unpaired) electrons. The SMILES string of the molecule is COCCNS(=O)(=O)c1ccc(C(=O)NCc2ccc(-n3ccnc3)c(F)c2)cc1. The Kier molecular flexibility index (Phi) is 6.93. The third-order valence-electron chi connectivity index (χ3n) is 4.27. The van der Waals surface area contributed by atoms with Crippen LogP contribution in [0.1, 0.15) is 15.9 Å². The Balaban J connectivity index is 1.60. The van der Waals surface area contributed by atoms with Crippen molar-refractivity contribution in [2.75, 3.05) is 20.3 Å². The monoisotopic (exact) mass is 432 g/mol. The lowest BCUT2D eigenvalue weighted by atomic mass is 10.1. The van der Waals surface area contributed by atoms with E-state index in [0.29, 0.717) is 16.8 Å². The van der Waals surface area contributed by atoms with Crippen molar-refractivity contribution in [3.63, 3.8) is 0 Å². The number of sulfonamides is 1. The number of aromatic nitrogens is 2. The van der Waals surface area contributed by atoms with Crippen LogP contribution in [0.5, 0.6) is 0 Å².